The number of ketones is 1. The maximum absolute atomic E-state index is 12.7. The van der Waals surface area contributed by atoms with E-state index in [1.54, 1.807) is 22.8 Å². The van der Waals surface area contributed by atoms with Crippen molar-refractivity contribution in [3.8, 4) is 0 Å². The summed E-state index contributed by atoms with van der Waals surface area (Å²) in [6.07, 6.45) is 0. The van der Waals surface area contributed by atoms with Crippen LogP contribution in [0.1, 0.15) is 41.6 Å². The summed E-state index contributed by atoms with van der Waals surface area (Å²) in [7, 11) is 0. The standard InChI is InChI=1S/C22H22NO3/c1-22(2,3)26-21(25)19-14-13-16-9-7-8-12-18(16)23(19)15-20(24)17-10-5-4-6-11-17/h4-14H,15H2,1-3H3/q+1. The minimum Gasteiger partial charge on any atom is -0.452 e. The number of para-hydroxylation sites is 1. The molecule has 0 bridgehead atoms. The van der Waals surface area contributed by atoms with E-state index in [0.717, 1.165) is 10.9 Å². The van der Waals surface area contributed by atoms with Crippen molar-refractivity contribution in [2.45, 2.75) is 32.9 Å². The third kappa shape index (κ3) is 3.97. The number of esters is 1. The Morgan fingerprint density at radius 1 is 0.885 bits per heavy atom. The SMILES string of the molecule is CC(C)(C)OC(=O)c1ccc2ccccc2[n+]1CC(=O)c1ccccc1. The molecule has 1 heterocycles. The van der Waals surface area contributed by atoms with Crippen LogP contribution in [0.15, 0.2) is 66.7 Å². The predicted octanol–water partition coefficient (Wildman–Crippen LogP) is 3.97. The summed E-state index contributed by atoms with van der Waals surface area (Å²) in [5.41, 5.74) is 1.19. The summed E-state index contributed by atoms with van der Waals surface area (Å²) < 4.78 is 7.26. The van der Waals surface area contributed by atoms with E-state index in [1.165, 1.54) is 0 Å². The van der Waals surface area contributed by atoms with Crippen LogP contribution in [0.2, 0.25) is 0 Å². The highest BCUT2D eigenvalue weighted by atomic mass is 16.6. The number of hydrogen-bond donors (Lipinski definition) is 0. The number of carbonyl (C=O) groups excluding carboxylic acids is 2. The molecule has 0 aliphatic heterocycles. The van der Waals surface area contributed by atoms with Crippen LogP contribution in [0.25, 0.3) is 10.9 Å². The molecule has 3 rings (SSSR count). The lowest BCUT2D eigenvalue weighted by atomic mass is 10.1. The van der Waals surface area contributed by atoms with Crippen molar-refractivity contribution in [3.05, 3.63) is 78.0 Å². The Morgan fingerprint density at radius 2 is 1.54 bits per heavy atom. The second kappa shape index (κ2) is 7.08. The summed E-state index contributed by atoms with van der Waals surface area (Å²) in [6, 6.07) is 20.4. The summed E-state index contributed by atoms with van der Waals surface area (Å²) >= 11 is 0. The topological polar surface area (TPSA) is 47.2 Å². The molecule has 1 aromatic heterocycles. The Kier molecular flexibility index (Phi) is 4.85. The van der Waals surface area contributed by atoms with Crippen molar-refractivity contribution < 1.29 is 18.9 Å². The normalized spacial score (nSPS) is 11.3. The second-order valence-electron chi connectivity index (χ2n) is 7.15. The lowest BCUT2D eigenvalue weighted by Gasteiger charge is -2.18. The molecule has 26 heavy (non-hydrogen) atoms. The highest BCUT2D eigenvalue weighted by molar-refractivity contribution is 5.96. The van der Waals surface area contributed by atoms with E-state index in [9.17, 15) is 9.59 Å². The van der Waals surface area contributed by atoms with E-state index in [2.05, 4.69) is 0 Å². The van der Waals surface area contributed by atoms with Crippen LogP contribution in [0.5, 0.6) is 0 Å². The number of aromatic nitrogens is 1. The Balaban J connectivity index is 2.07. The molecule has 132 valence electrons. The average molecular weight is 348 g/mol. The first-order valence-electron chi connectivity index (χ1n) is 8.58. The van der Waals surface area contributed by atoms with Crippen molar-refractivity contribution >= 4 is 22.7 Å². The maximum Gasteiger partial charge on any atom is 0.404 e. The molecule has 0 saturated heterocycles. The van der Waals surface area contributed by atoms with Gasteiger partial charge in [-0.05, 0) is 32.9 Å². The van der Waals surface area contributed by atoms with Gasteiger partial charge in [-0.25, -0.2) is 4.79 Å². The van der Waals surface area contributed by atoms with Gasteiger partial charge < -0.3 is 4.74 Å². The van der Waals surface area contributed by atoms with Crippen LogP contribution in [0.4, 0.5) is 0 Å². The molecular formula is C22H22NO3+. The van der Waals surface area contributed by atoms with Gasteiger partial charge >= 0.3 is 5.97 Å². The van der Waals surface area contributed by atoms with Crippen molar-refractivity contribution in [2.75, 3.05) is 0 Å². The van der Waals surface area contributed by atoms with Gasteiger partial charge in [-0.3, -0.25) is 4.79 Å². The predicted molar refractivity (Wildman–Crippen MR) is 100 cm³/mol. The van der Waals surface area contributed by atoms with E-state index in [0.29, 0.717) is 11.3 Å². The van der Waals surface area contributed by atoms with Crippen molar-refractivity contribution in [2.24, 2.45) is 0 Å². The number of nitrogens with zero attached hydrogens (tertiary/aromatic N) is 1. The van der Waals surface area contributed by atoms with E-state index >= 15 is 0 Å². The molecule has 3 aromatic rings. The third-order valence-electron chi connectivity index (χ3n) is 3.94. The van der Waals surface area contributed by atoms with Gasteiger partial charge in [0.25, 0.3) is 5.69 Å². The van der Waals surface area contributed by atoms with Crippen LogP contribution in [-0.4, -0.2) is 17.4 Å². The molecule has 0 amide bonds. The molecule has 0 atom stereocenters. The van der Waals surface area contributed by atoms with Gasteiger partial charge in [0.05, 0.1) is 0 Å². The van der Waals surface area contributed by atoms with Gasteiger partial charge in [0.1, 0.15) is 5.60 Å². The third-order valence-corrected chi connectivity index (χ3v) is 3.94. The van der Waals surface area contributed by atoms with Crippen LogP contribution < -0.4 is 4.57 Å². The fourth-order valence-corrected chi connectivity index (χ4v) is 2.80. The lowest BCUT2D eigenvalue weighted by molar-refractivity contribution is -0.659. The Bertz CT molecular complexity index is 956. The molecule has 0 aliphatic carbocycles. The monoisotopic (exact) mass is 348 g/mol. The van der Waals surface area contributed by atoms with Gasteiger partial charge in [-0.2, -0.15) is 4.57 Å². The van der Waals surface area contributed by atoms with Gasteiger partial charge in [-0.1, -0.05) is 42.5 Å². The van der Waals surface area contributed by atoms with E-state index < -0.39 is 11.6 Å². The minimum absolute atomic E-state index is 0.0586. The molecule has 0 aliphatic rings. The van der Waals surface area contributed by atoms with E-state index in [1.807, 2.05) is 69.3 Å². The molecule has 4 heteroatoms. The van der Waals surface area contributed by atoms with Crippen LogP contribution >= 0.6 is 0 Å². The number of carbonyl (C=O) groups is 2. The van der Waals surface area contributed by atoms with Crippen LogP contribution in [0.3, 0.4) is 0 Å². The van der Waals surface area contributed by atoms with Crippen molar-refractivity contribution in [1.82, 2.24) is 0 Å². The molecular weight excluding hydrogens is 326 g/mol. The largest absolute Gasteiger partial charge is 0.452 e. The van der Waals surface area contributed by atoms with Crippen LogP contribution in [0, 0.1) is 0 Å². The zero-order chi connectivity index (χ0) is 18.7. The smallest absolute Gasteiger partial charge is 0.404 e. The number of benzene rings is 2. The summed E-state index contributed by atoms with van der Waals surface area (Å²) in [4.78, 5) is 25.4. The molecule has 2 aromatic carbocycles. The average Bonchev–Trinajstić information content (AvgIpc) is 2.61. The highest BCUT2D eigenvalue weighted by Crippen LogP contribution is 2.15. The first kappa shape index (κ1) is 17.8. The Labute approximate surface area is 153 Å². The zero-order valence-corrected chi connectivity index (χ0v) is 15.2. The van der Waals surface area contributed by atoms with E-state index in [-0.39, 0.29) is 12.3 Å². The zero-order valence-electron chi connectivity index (χ0n) is 15.2. The first-order valence-corrected chi connectivity index (χ1v) is 8.58. The van der Waals surface area contributed by atoms with Gasteiger partial charge in [-0.15, -0.1) is 0 Å². The molecule has 0 spiro atoms. The quantitative estimate of drug-likeness (QED) is 0.407. The summed E-state index contributed by atoms with van der Waals surface area (Å²) in [6.45, 7) is 5.54. The first-order chi connectivity index (χ1) is 12.3. The highest BCUT2D eigenvalue weighted by Gasteiger charge is 2.29. The summed E-state index contributed by atoms with van der Waals surface area (Å²) in [5, 5.41) is 0.959. The van der Waals surface area contributed by atoms with Crippen molar-refractivity contribution in [1.29, 1.82) is 0 Å². The molecule has 0 saturated carbocycles. The number of pyridine rings is 1. The molecule has 0 radical (unpaired) electrons. The number of ether oxygens (including phenoxy) is 1. The number of hydrogen-bond acceptors (Lipinski definition) is 3. The lowest BCUT2D eigenvalue weighted by Crippen LogP contribution is -2.45. The number of rotatable bonds is 4. The molecule has 0 N–H and O–H groups in total. The van der Waals surface area contributed by atoms with Gasteiger partial charge in [0.15, 0.2) is 0 Å². The van der Waals surface area contributed by atoms with E-state index in [4.69, 9.17) is 4.74 Å². The number of Topliss-reactive ketones (excluding diaryl/α,β-unsaturated/α-hetero) is 1. The Morgan fingerprint density at radius 3 is 2.23 bits per heavy atom. The fraction of sp³-hybridized carbons (Fsp3) is 0.227. The fourth-order valence-electron chi connectivity index (χ4n) is 2.80. The molecule has 0 fully saturated rings. The van der Waals surface area contributed by atoms with Gasteiger partial charge in [0.2, 0.25) is 17.8 Å². The van der Waals surface area contributed by atoms with Crippen molar-refractivity contribution in [3.63, 3.8) is 0 Å². The Hall–Kier alpha value is -3.01. The van der Waals surface area contributed by atoms with Crippen LogP contribution in [-0.2, 0) is 11.3 Å². The second-order valence-corrected chi connectivity index (χ2v) is 7.15. The molecule has 0 unspecified atom stereocenters. The minimum atomic E-state index is -0.607. The maximum atomic E-state index is 12.7. The summed E-state index contributed by atoms with van der Waals surface area (Å²) in [5.74, 6) is -0.499. The molecule has 4 nitrogen and oxygen atoms in total. The van der Waals surface area contributed by atoms with Gasteiger partial charge in [0, 0.05) is 23.1 Å². The number of fused-ring (bicyclic) bond motifs is 1.